The summed E-state index contributed by atoms with van der Waals surface area (Å²) in [6, 6.07) is 2.46. The van der Waals surface area contributed by atoms with Gasteiger partial charge in [-0.25, -0.2) is 0 Å². The van der Waals surface area contributed by atoms with E-state index in [-0.39, 0.29) is 11.3 Å². The van der Waals surface area contributed by atoms with E-state index in [9.17, 15) is 21.6 Å². The Balaban J connectivity index is 3.56. The molecule has 12 heteroatoms. The molecule has 0 fully saturated rings. The van der Waals surface area contributed by atoms with Crippen LogP contribution in [0.1, 0.15) is 11.3 Å². The normalized spacial score (nSPS) is 13.7. The second-order valence-corrected chi connectivity index (χ2v) is 5.81. The first-order valence-corrected chi connectivity index (χ1v) is 7.69. The number of alkyl halides is 3. The van der Waals surface area contributed by atoms with Gasteiger partial charge in [0.05, 0.1) is 5.57 Å². The van der Waals surface area contributed by atoms with E-state index in [1.807, 2.05) is 0 Å². The highest BCUT2D eigenvalue weighted by Crippen LogP contribution is 2.32. The van der Waals surface area contributed by atoms with Gasteiger partial charge in [0, 0.05) is 36.9 Å². The predicted octanol–water partition coefficient (Wildman–Crippen LogP) is 1.13. The molecule has 0 aliphatic rings. The number of aromatic nitrogens is 1. The third-order valence-corrected chi connectivity index (χ3v) is 3.58. The van der Waals surface area contributed by atoms with Gasteiger partial charge in [-0.2, -0.15) is 26.9 Å². The molecule has 4 N–H and O–H groups in total. The van der Waals surface area contributed by atoms with Crippen molar-refractivity contribution < 1.29 is 25.8 Å². The Morgan fingerprint density at radius 1 is 1.48 bits per heavy atom. The van der Waals surface area contributed by atoms with Crippen LogP contribution >= 0.6 is 0 Å². The summed E-state index contributed by atoms with van der Waals surface area (Å²) < 4.78 is 64.2. The Bertz CT molecular complexity index is 883. The number of allylic oxidation sites excluding steroid dienone is 2. The quantitative estimate of drug-likeness (QED) is 0.340. The first-order chi connectivity index (χ1) is 11.6. The zero-order valence-electron chi connectivity index (χ0n) is 12.6. The Morgan fingerprint density at radius 2 is 2.12 bits per heavy atom. The van der Waals surface area contributed by atoms with Gasteiger partial charge in [-0.05, 0) is 12.1 Å². The van der Waals surface area contributed by atoms with E-state index in [0.717, 1.165) is 18.5 Å². The number of nitriles is 1. The van der Waals surface area contributed by atoms with E-state index in [1.165, 1.54) is 19.3 Å². The van der Waals surface area contributed by atoms with Gasteiger partial charge < -0.3 is 15.7 Å². The minimum atomic E-state index is -5.99. The van der Waals surface area contributed by atoms with E-state index in [0.29, 0.717) is 0 Å². The zero-order chi connectivity index (χ0) is 19.3. The molecule has 0 aliphatic carbocycles. The molecule has 25 heavy (non-hydrogen) atoms. The van der Waals surface area contributed by atoms with Crippen LogP contribution in [0.25, 0.3) is 11.3 Å². The van der Waals surface area contributed by atoms with Crippen molar-refractivity contribution in [3.05, 3.63) is 35.8 Å². The van der Waals surface area contributed by atoms with Crippen molar-refractivity contribution in [2.45, 2.75) is 5.51 Å². The minimum absolute atomic E-state index is 0.0224. The first kappa shape index (κ1) is 20.0. The van der Waals surface area contributed by atoms with E-state index in [4.69, 9.17) is 16.7 Å². The molecule has 0 spiro atoms. The van der Waals surface area contributed by atoms with Crippen molar-refractivity contribution in [3.63, 3.8) is 0 Å². The van der Waals surface area contributed by atoms with Crippen molar-refractivity contribution in [3.8, 4) is 11.8 Å². The number of halogens is 3. The maximum Gasteiger partial charge on any atom is 0.534 e. The van der Waals surface area contributed by atoms with Crippen LogP contribution in [0.3, 0.4) is 0 Å². The maximum atomic E-state index is 12.6. The van der Waals surface area contributed by atoms with Crippen LogP contribution in [-0.4, -0.2) is 32.2 Å². The van der Waals surface area contributed by atoms with E-state index in [2.05, 4.69) is 14.2 Å². The van der Waals surface area contributed by atoms with Gasteiger partial charge in [0.25, 0.3) is 0 Å². The lowest BCUT2D eigenvalue weighted by Gasteiger charge is -2.13. The van der Waals surface area contributed by atoms with Crippen LogP contribution in [0.15, 0.2) is 29.5 Å². The molecule has 0 atom stereocenters. The lowest BCUT2D eigenvalue weighted by molar-refractivity contribution is -0.0500. The van der Waals surface area contributed by atoms with Crippen LogP contribution in [-0.2, 0) is 10.1 Å². The third-order valence-electron chi connectivity index (χ3n) is 2.61. The summed E-state index contributed by atoms with van der Waals surface area (Å²) in [5.74, 6) is -0.849. The van der Waals surface area contributed by atoms with Gasteiger partial charge >= 0.3 is 15.6 Å². The second-order valence-electron chi connectivity index (χ2n) is 4.28. The molecular formula is C13H12F3N5O3S. The molecule has 0 bridgehead atoms. The minimum Gasteiger partial charge on any atom is -0.403 e. The molecule has 1 heterocycles. The lowest BCUT2D eigenvalue weighted by atomic mass is 10.1. The number of rotatable bonds is 5. The van der Waals surface area contributed by atoms with Crippen LogP contribution in [0.2, 0.25) is 0 Å². The van der Waals surface area contributed by atoms with Crippen molar-refractivity contribution in [2.75, 3.05) is 7.05 Å². The highest BCUT2D eigenvalue weighted by atomic mass is 32.2. The van der Waals surface area contributed by atoms with Crippen LogP contribution in [0.4, 0.5) is 13.2 Å². The highest BCUT2D eigenvalue weighted by Gasteiger charge is 2.49. The smallest absolute Gasteiger partial charge is 0.403 e. The van der Waals surface area contributed by atoms with Crippen molar-refractivity contribution >= 4 is 27.6 Å². The molecule has 1 aromatic rings. The standard InChI is InChI=1S/C13H12F3N5O3S/c1-20-3-2-10(19)8-4-11(24-25(22,23)13(14,15)16)12(21-7-8)9(5-17)6-18/h2-5,7H,17,19H2,1H3. The number of pyridine rings is 1. The molecule has 0 radical (unpaired) electrons. The number of nitrogens with two attached hydrogens (primary N) is 2. The first-order valence-electron chi connectivity index (χ1n) is 6.28. The predicted molar refractivity (Wildman–Crippen MR) is 84.2 cm³/mol. The fourth-order valence-corrected chi connectivity index (χ4v) is 1.91. The summed E-state index contributed by atoms with van der Waals surface area (Å²) in [6.45, 7) is 0. The van der Waals surface area contributed by atoms with Gasteiger partial charge in [0.15, 0.2) is 5.75 Å². The van der Waals surface area contributed by atoms with E-state index in [1.54, 1.807) is 6.07 Å². The Hall–Kier alpha value is -3.07. The molecule has 1 rings (SSSR count). The van der Waals surface area contributed by atoms with E-state index < -0.39 is 32.6 Å². The number of nitrogens with zero attached hydrogens (tertiary/aromatic N) is 3. The Kier molecular flexibility index (Phi) is 6.13. The zero-order valence-corrected chi connectivity index (χ0v) is 13.5. The molecule has 134 valence electrons. The molecule has 0 aromatic carbocycles. The Labute approximate surface area is 141 Å². The number of hydrogen-bond donors (Lipinski definition) is 2. The Morgan fingerprint density at radius 3 is 2.60 bits per heavy atom. The fourth-order valence-electron chi connectivity index (χ4n) is 1.45. The van der Waals surface area contributed by atoms with Gasteiger partial charge in [0.2, 0.25) is 0 Å². The topological polar surface area (TPSA) is 144 Å². The summed E-state index contributed by atoms with van der Waals surface area (Å²) in [5.41, 5.74) is 4.40. The summed E-state index contributed by atoms with van der Waals surface area (Å²) in [6.07, 6.45) is 4.47. The molecule has 0 aliphatic heterocycles. The summed E-state index contributed by atoms with van der Waals surface area (Å²) in [4.78, 5) is 7.36. The average Bonchev–Trinajstić information content (AvgIpc) is 2.53. The van der Waals surface area contributed by atoms with Crippen LogP contribution in [0.5, 0.6) is 5.75 Å². The second kappa shape index (κ2) is 7.67. The molecule has 0 amide bonds. The molecule has 8 nitrogen and oxygen atoms in total. The van der Waals surface area contributed by atoms with Gasteiger partial charge in [-0.3, -0.25) is 9.98 Å². The number of aliphatic imine (C=N–C) groups is 1. The van der Waals surface area contributed by atoms with Gasteiger partial charge in [0.1, 0.15) is 11.8 Å². The van der Waals surface area contributed by atoms with E-state index >= 15 is 0 Å². The van der Waals surface area contributed by atoms with Gasteiger partial charge in [-0.15, -0.1) is 0 Å². The molecule has 1 aromatic heterocycles. The van der Waals surface area contributed by atoms with Crippen molar-refractivity contribution in [2.24, 2.45) is 16.5 Å². The molecule has 0 unspecified atom stereocenters. The third kappa shape index (κ3) is 4.70. The summed E-state index contributed by atoms with van der Waals surface area (Å²) in [7, 11) is -4.53. The summed E-state index contributed by atoms with van der Waals surface area (Å²) >= 11 is 0. The van der Waals surface area contributed by atoms with Crippen molar-refractivity contribution in [1.82, 2.24) is 4.98 Å². The molecular weight excluding hydrogens is 363 g/mol. The maximum absolute atomic E-state index is 12.6. The fraction of sp³-hybridized carbons (Fsp3) is 0.154. The molecule has 0 saturated carbocycles. The summed E-state index contributed by atoms with van der Waals surface area (Å²) in [5, 5.41) is 8.94. The monoisotopic (exact) mass is 375 g/mol. The van der Waals surface area contributed by atoms with Crippen LogP contribution < -0.4 is 15.7 Å². The largest absolute Gasteiger partial charge is 0.534 e. The van der Waals surface area contributed by atoms with Crippen LogP contribution in [0, 0.1) is 11.3 Å². The number of hydrogen-bond acceptors (Lipinski definition) is 8. The van der Waals surface area contributed by atoms with Gasteiger partial charge in [-0.1, -0.05) is 0 Å². The molecule has 0 saturated heterocycles. The average molecular weight is 375 g/mol. The van der Waals surface area contributed by atoms with Crippen molar-refractivity contribution in [1.29, 1.82) is 5.26 Å². The lowest BCUT2D eigenvalue weighted by Crippen LogP contribution is -2.28. The highest BCUT2D eigenvalue weighted by molar-refractivity contribution is 7.88. The SMILES string of the molecule is CN=CC=C(N)c1cnc(C(C#N)=CN)c(OS(=O)(=O)C(F)(F)F)c1.